The Balaban J connectivity index is 2.96. The number of nitrogens with two attached hydrogens (primary N) is 1. The number of nitrogen functional groups attached to an aromatic ring is 1. The van der Waals surface area contributed by atoms with Crippen molar-refractivity contribution in [2.75, 3.05) is 40.0 Å². The third-order valence-corrected chi connectivity index (χ3v) is 4.42. The van der Waals surface area contributed by atoms with Crippen LogP contribution in [0.5, 0.6) is 0 Å². The molecule has 0 aromatic carbocycles. The predicted molar refractivity (Wildman–Crippen MR) is 66.0 cm³/mol. The standard InChI is InChI=1S/C9H19N5O2S/c1-12(2)5-6-14(4)17(15,16)9-8(10)11-7-13(9)3/h7H,5-6,10H2,1-4H3. The predicted octanol–water partition coefficient (Wildman–Crippen LogP) is -0.816. The number of nitrogens with zero attached hydrogens (tertiary/aromatic N) is 4. The van der Waals surface area contributed by atoms with E-state index in [-0.39, 0.29) is 10.8 Å². The van der Waals surface area contributed by atoms with Gasteiger partial charge in [-0.2, -0.15) is 4.31 Å². The van der Waals surface area contributed by atoms with Crippen molar-refractivity contribution < 1.29 is 8.42 Å². The van der Waals surface area contributed by atoms with Gasteiger partial charge in [-0.15, -0.1) is 0 Å². The second-order valence-electron chi connectivity index (χ2n) is 4.18. The minimum atomic E-state index is -3.57. The van der Waals surface area contributed by atoms with Gasteiger partial charge in [0.2, 0.25) is 0 Å². The molecule has 0 unspecified atom stereocenters. The smallest absolute Gasteiger partial charge is 0.262 e. The summed E-state index contributed by atoms with van der Waals surface area (Å²) in [6, 6.07) is 0. The van der Waals surface area contributed by atoms with E-state index in [0.29, 0.717) is 13.1 Å². The van der Waals surface area contributed by atoms with Crippen molar-refractivity contribution >= 4 is 15.8 Å². The lowest BCUT2D eigenvalue weighted by molar-refractivity contribution is 0.357. The lowest BCUT2D eigenvalue weighted by Gasteiger charge is -2.19. The molecular formula is C9H19N5O2S. The molecule has 0 atom stereocenters. The lowest BCUT2D eigenvalue weighted by atomic mass is 10.6. The molecule has 17 heavy (non-hydrogen) atoms. The van der Waals surface area contributed by atoms with Crippen LogP contribution in [0.4, 0.5) is 5.82 Å². The number of hydrogen-bond donors (Lipinski definition) is 1. The van der Waals surface area contributed by atoms with E-state index in [1.807, 2.05) is 19.0 Å². The number of likely N-dealkylation sites (N-methyl/N-ethyl adjacent to an activating group) is 2. The molecule has 0 radical (unpaired) electrons. The zero-order chi connectivity index (χ0) is 13.2. The Morgan fingerprint density at radius 3 is 2.35 bits per heavy atom. The molecule has 98 valence electrons. The van der Waals surface area contributed by atoms with E-state index in [1.165, 1.54) is 22.2 Å². The summed E-state index contributed by atoms with van der Waals surface area (Å²) in [4.78, 5) is 5.70. The molecule has 0 saturated heterocycles. The van der Waals surface area contributed by atoms with Crippen molar-refractivity contribution in [3.63, 3.8) is 0 Å². The third-order valence-electron chi connectivity index (χ3n) is 2.43. The Bertz CT molecular complexity index is 460. The van der Waals surface area contributed by atoms with E-state index < -0.39 is 10.0 Å². The van der Waals surface area contributed by atoms with E-state index >= 15 is 0 Å². The van der Waals surface area contributed by atoms with Gasteiger partial charge in [-0.05, 0) is 14.1 Å². The first-order valence-electron chi connectivity index (χ1n) is 5.14. The Hall–Kier alpha value is -1.12. The molecule has 8 heteroatoms. The number of imidazole rings is 1. The maximum Gasteiger partial charge on any atom is 0.262 e. The first-order chi connectivity index (χ1) is 7.76. The zero-order valence-corrected chi connectivity index (χ0v) is 11.4. The molecule has 7 nitrogen and oxygen atoms in total. The van der Waals surface area contributed by atoms with Crippen molar-refractivity contribution in [3.05, 3.63) is 6.33 Å². The van der Waals surface area contributed by atoms with Crippen LogP contribution in [0, 0.1) is 0 Å². The summed E-state index contributed by atoms with van der Waals surface area (Å²) in [5.74, 6) is 0.0317. The Kier molecular flexibility index (Phi) is 4.12. The Morgan fingerprint density at radius 2 is 1.94 bits per heavy atom. The minimum Gasteiger partial charge on any atom is -0.381 e. The van der Waals surface area contributed by atoms with Crippen molar-refractivity contribution in [1.82, 2.24) is 18.8 Å². The van der Waals surface area contributed by atoms with Crippen LogP contribution < -0.4 is 5.73 Å². The number of rotatable bonds is 5. The summed E-state index contributed by atoms with van der Waals surface area (Å²) in [6.07, 6.45) is 1.39. The fraction of sp³-hybridized carbons (Fsp3) is 0.667. The van der Waals surface area contributed by atoms with Crippen LogP contribution in [0.1, 0.15) is 0 Å². The molecule has 1 heterocycles. The Labute approximate surface area is 102 Å². The van der Waals surface area contributed by atoms with Crippen LogP contribution in [0.2, 0.25) is 0 Å². The van der Waals surface area contributed by atoms with Crippen molar-refractivity contribution in [2.45, 2.75) is 5.03 Å². The minimum absolute atomic E-state index is 0.0317. The molecule has 1 aromatic rings. The van der Waals surface area contributed by atoms with Gasteiger partial charge in [-0.1, -0.05) is 0 Å². The Morgan fingerprint density at radius 1 is 1.35 bits per heavy atom. The van der Waals surface area contributed by atoms with E-state index in [2.05, 4.69) is 4.98 Å². The van der Waals surface area contributed by atoms with Gasteiger partial charge in [0, 0.05) is 27.2 Å². The van der Waals surface area contributed by atoms with Crippen molar-refractivity contribution in [3.8, 4) is 0 Å². The fourth-order valence-corrected chi connectivity index (χ4v) is 2.71. The SMILES string of the molecule is CN(C)CCN(C)S(=O)(=O)c1c(N)ncn1C. The van der Waals surface area contributed by atoms with Gasteiger partial charge in [0.25, 0.3) is 10.0 Å². The summed E-state index contributed by atoms with van der Waals surface area (Å²) < 4.78 is 27.1. The molecule has 0 aliphatic rings. The van der Waals surface area contributed by atoms with Crippen molar-refractivity contribution in [1.29, 1.82) is 0 Å². The third kappa shape index (κ3) is 2.96. The molecule has 0 saturated carbocycles. The van der Waals surface area contributed by atoms with E-state index in [9.17, 15) is 8.42 Å². The summed E-state index contributed by atoms with van der Waals surface area (Å²) in [6.45, 7) is 1.05. The maximum absolute atomic E-state index is 12.2. The molecule has 0 fully saturated rings. The molecular weight excluding hydrogens is 242 g/mol. The summed E-state index contributed by atoms with van der Waals surface area (Å²) >= 11 is 0. The molecule has 0 aliphatic heterocycles. The van der Waals surface area contributed by atoms with Gasteiger partial charge in [0.1, 0.15) is 0 Å². The lowest BCUT2D eigenvalue weighted by Crippen LogP contribution is -2.34. The first-order valence-corrected chi connectivity index (χ1v) is 6.58. The second-order valence-corrected chi connectivity index (χ2v) is 6.14. The van der Waals surface area contributed by atoms with Gasteiger partial charge >= 0.3 is 0 Å². The maximum atomic E-state index is 12.2. The molecule has 0 bridgehead atoms. The van der Waals surface area contributed by atoms with Gasteiger partial charge in [0.05, 0.1) is 6.33 Å². The highest BCUT2D eigenvalue weighted by Crippen LogP contribution is 2.19. The molecule has 0 amide bonds. The van der Waals surface area contributed by atoms with Gasteiger partial charge in [-0.3, -0.25) is 0 Å². The summed E-state index contributed by atoms with van der Waals surface area (Å²) in [5, 5.41) is 0.0405. The quantitative estimate of drug-likeness (QED) is 0.749. The number of aromatic nitrogens is 2. The molecule has 2 N–H and O–H groups in total. The first kappa shape index (κ1) is 13.9. The van der Waals surface area contributed by atoms with E-state index in [1.54, 1.807) is 7.05 Å². The monoisotopic (exact) mass is 261 g/mol. The van der Waals surface area contributed by atoms with E-state index in [4.69, 9.17) is 5.73 Å². The number of hydrogen-bond acceptors (Lipinski definition) is 5. The van der Waals surface area contributed by atoms with Crippen LogP contribution in [0.15, 0.2) is 11.4 Å². The summed E-state index contributed by atoms with van der Waals surface area (Å²) in [5.41, 5.74) is 5.57. The normalized spacial score (nSPS) is 12.6. The van der Waals surface area contributed by atoms with Crippen LogP contribution in [0.25, 0.3) is 0 Å². The van der Waals surface area contributed by atoms with Crippen LogP contribution in [-0.2, 0) is 17.1 Å². The number of sulfonamides is 1. The average molecular weight is 261 g/mol. The highest BCUT2D eigenvalue weighted by molar-refractivity contribution is 7.89. The molecule has 0 aliphatic carbocycles. The average Bonchev–Trinajstić information content (AvgIpc) is 2.55. The zero-order valence-electron chi connectivity index (χ0n) is 10.6. The van der Waals surface area contributed by atoms with Gasteiger partial charge in [0.15, 0.2) is 10.8 Å². The topological polar surface area (TPSA) is 84.5 Å². The molecule has 1 rings (SSSR count). The number of anilines is 1. The van der Waals surface area contributed by atoms with Gasteiger partial charge < -0.3 is 15.2 Å². The van der Waals surface area contributed by atoms with Crippen molar-refractivity contribution in [2.24, 2.45) is 7.05 Å². The van der Waals surface area contributed by atoms with Crippen LogP contribution in [-0.4, -0.2) is 61.4 Å². The van der Waals surface area contributed by atoms with Crippen LogP contribution in [0.3, 0.4) is 0 Å². The van der Waals surface area contributed by atoms with Gasteiger partial charge in [-0.25, -0.2) is 13.4 Å². The largest absolute Gasteiger partial charge is 0.381 e. The highest BCUT2D eigenvalue weighted by atomic mass is 32.2. The molecule has 0 spiro atoms. The second kappa shape index (κ2) is 5.03. The van der Waals surface area contributed by atoms with Crippen LogP contribution >= 0.6 is 0 Å². The fourth-order valence-electron chi connectivity index (χ4n) is 1.36. The molecule has 1 aromatic heterocycles. The highest BCUT2D eigenvalue weighted by Gasteiger charge is 2.26. The van der Waals surface area contributed by atoms with E-state index in [0.717, 1.165) is 0 Å². The summed E-state index contributed by atoms with van der Waals surface area (Å²) in [7, 11) is 3.35. The number of aryl methyl sites for hydroxylation is 1.